The van der Waals surface area contributed by atoms with Crippen LogP contribution < -0.4 is 0 Å². The molecule has 12 heavy (non-hydrogen) atoms. The molecule has 0 bridgehead atoms. The number of hydrogen-bond donors (Lipinski definition) is 0. The van der Waals surface area contributed by atoms with Crippen molar-refractivity contribution in [1.29, 1.82) is 0 Å². The molecular formula is C8H20Al2Cl2. The predicted octanol–water partition coefficient (Wildman–Crippen LogP) is 3.30. The molecule has 0 N–H and O–H groups in total. The highest BCUT2D eigenvalue weighted by Gasteiger charge is 1.91. The van der Waals surface area contributed by atoms with Gasteiger partial charge in [0.25, 0.3) is 0 Å². The Balaban J connectivity index is 0. The first-order valence-corrected chi connectivity index (χ1v) is 10.9. The SMILES string of the molecule is CC(C)[CH2][AlH][Cl].CC(C)[CH2][AlH][Cl]. The fourth-order valence-corrected chi connectivity index (χ4v) is 3.93. The summed E-state index contributed by atoms with van der Waals surface area (Å²) in [4.78, 5) is 0. The second-order valence-electron chi connectivity index (χ2n) is 3.74. The van der Waals surface area contributed by atoms with Gasteiger partial charge in [0.1, 0.15) is 0 Å². The number of rotatable bonds is 4. The molecule has 0 unspecified atom stereocenters. The zero-order valence-corrected chi connectivity index (χ0v) is 13.1. The Bertz CT molecular complexity index is 67.5. The Morgan fingerprint density at radius 2 is 1.08 bits per heavy atom. The van der Waals surface area contributed by atoms with Gasteiger partial charge in [-0.05, 0) is 0 Å². The molecule has 0 nitrogen and oxygen atoms in total. The van der Waals surface area contributed by atoms with Gasteiger partial charge >= 0.3 is 28.6 Å². The minimum absolute atomic E-state index is 0.161. The molecule has 0 saturated heterocycles. The van der Waals surface area contributed by atoms with Crippen molar-refractivity contribution >= 4 is 48.7 Å². The van der Waals surface area contributed by atoms with Crippen LogP contribution in [0, 0.1) is 11.8 Å². The molecule has 4 heteroatoms. The van der Waals surface area contributed by atoms with Crippen LogP contribution in [0.15, 0.2) is 0 Å². The van der Waals surface area contributed by atoms with E-state index in [1.165, 1.54) is 10.6 Å². The van der Waals surface area contributed by atoms with E-state index >= 15 is 0 Å². The Morgan fingerprint density at radius 1 is 0.833 bits per heavy atom. The molecule has 0 amide bonds. The number of halogens is 2. The van der Waals surface area contributed by atoms with Crippen molar-refractivity contribution in [3.63, 3.8) is 0 Å². The maximum atomic E-state index is 5.54. The van der Waals surface area contributed by atoms with Crippen LogP contribution in [0.1, 0.15) is 27.7 Å². The van der Waals surface area contributed by atoms with Crippen LogP contribution in [0.5, 0.6) is 0 Å². The zero-order chi connectivity index (χ0) is 9.98. The van der Waals surface area contributed by atoms with E-state index in [9.17, 15) is 0 Å². The third kappa shape index (κ3) is 22.6. The predicted molar refractivity (Wildman–Crippen MR) is 65.3 cm³/mol. The fraction of sp³-hybridized carbons (Fsp3) is 1.00. The van der Waals surface area contributed by atoms with Crippen molar-refractivity contribution in [3.8, 4) is 0 Å². The van der Waals surface area contributed by atoms with Gasteiger partial charge in [-0.2, -0.15) is 0 Å². The largest absolute Gasteiger partial charge is 0.377 e. The van der Waals surface area contributed by atoms with Crippen molar-refractivity contribution in [1.82, 2.24) is 0 Å². The molecule has 0 heterocycles. The smallest absolute Gasteiger partial charge is 0.267 e. The summed E-state index contributed by atoms with van der Waals surface area (Å²) in [6.45, 7) is 8.82. The minimum atomic E-state index is -0.161. The average Bonchev–Trinajstić information content (AvgIpc) is 1.87. The van der Waals surface area contributed by atoms with Crippen molar-refractivity contribution in [2.45, 2.75) is 38.3 Å². The molecule has 0 aliphatic carbocycles. The standard InChI is InChI=1S/2C4H9.2Al.2ClH.2H/c2*1-4(2)3;;;;;;/h2*4H,1H2,2-3H3;;;2*1H;;/q;;2*+1;;;;/p-2. The van der Waals surface area contributed by atoms with E-state index in [0.717, 1.165) is 11.8 Å². The summed E-state index contributed by atoms with van der Waals surface area (Å²) < 4.78 is 0. The van der Waals surface area contributed by atoms with E-state index in [-0.39, 0.29) is 28.6 Å². The molecule has 72 valence electrons. The normalized spacial score (nSPS) is 9.33. The summed E-state index contributed by atoms with van der Waals surface area (Å²) in [5.74, 6) is 1.66. The summed E-state index contributed by atoms with van der Waals surface area (Å²) in [6.07, 6.45) is 0. The Hall–Kier alpha value is 1.64. The summed E-state index contributed by atoms with van der Waals surface area (Å²) >= 11 is -0.323. The first-order chi connectivity index (χ1) is 5.54. The first-order valence-electron chi connectivity index (χ1n) is 4.66. The van der Waals surface area contributed by atoms with E-state index in [2.05, 4.69) is 27.7 Å². The Labute approximate surface area is 98.2 Å². The molecule has 0 aromatic heterocycles. The Kier molecular flexibility index (Phi) is 17.0. The van der Waals surface area contributed by atoms with E-state index in [1.54, 1.807) is 0 Å². The van der Waals surface area contributed by atoms with Gasteiger partial charge in [0.05, 0.1) is 0 Å². The summed E-state index contributed by atoms with van der Waals surface area (Å²) in [7, 11) is 11.1. The van der Waals surface area contributed by atoms with Crippen LogP contribution >= 0.6 is 20.1 Å². The average molecular weight is 241 g/mol. The molecule has 0 aliphatic heterocycles. The van der Waals surface area contributed by atoms with Gasteiger partial charge in [-0.1, -0.05) is 50.1 Å². The molecule has 0 saturated carbocycles. The lowest BCUT2D eigenvalue weighted by molar-refractivity contribution is 0.734. The van der Waals surface area contributed by atoms with Crippen LogP contribution in [0.2, 0.25) is 10.6 Å². The summed E-state index contributed by atoms with van der Waals surface area (Å²) in [6, 6.07) is 0. The molecular weight excluding hydrogens is 221 g/mol. The van der Waals surface area contributed by atoms with Gasteiger partial charge in [0, 0.05) is 0 Å². The lowest BCUT2D eigenvalue weighted by atomic mass is 10.3. The molecule has 0 rings (SSSR count). The highest BCUT2D eigenvalue weighted by Crippen LogP contribution is 1.98. The van der Waals surface area contributed by atoms with E-state index in [4.69, 9.17) is 20.1 Å². The van der Waals surface area contributed by atoms with Gasteiger partial charge in [0.2, 0.25) is 0 Å². The van der Waals surface area contributed by atoms with E-state index < -0.39 is 0 Å². The second kappa shape index (κ2) is 12.6. The first kappa shape index (κ1) is 16.1. The Morgan fingerprint density at radius 3 is 1.08 bits per heavy atom. The quantitative estimate of drug-likeness (QED) is 0.662. The van der Waals surface area contributed by atoms with Crippen molar-refractivity contribution in [2.75, 3.05) is 0 Å². The van der Waals surface area contributed by atoms with Crippen LogP contribution in [0.25, 0.3) is 0 Å². The highest BCUT2D eigenvalue weighted by molar-refractivity contribution is 6.93. The van der Waals surface area contributed by atoms with Crippen LogP contribution in [-0.4, -0.2) is 28.6 Å². The third-order valence-corrected chi connectivity index (χ3v) is 5.43. The maximum Gasteiger partial charge on any atom is 0.377 e. The maximum absolute atomic E-state index is 5.54. The van der Waals surface area contributed by atoms with E-state index in [0.29, 0.717) is 0 Å². The van der Waals surface area contributed by atoms with Gasteiger partial charge < -0.3 is 0 Å². The molecule has 0 spiro atoms. The van der Waals surface area contributed by atoms with Crippen LogP contribution in [0.3, 0.4) is 0 Å². The highest BCUT2D eigenvalue weighted by atomic mass is 35.6. The van der Waals surface area contributed by atoms with Gasteiger partial charge in [-0.3, -0.25) is 20.1 Å². The van der Waals surface area contributed by atoms with Crippen molar-refractivity contribution in [3.05, 3.63) is 0 Å². The van der Waals surface area contributed by atoms with Gasteiger partial charge in [0.15, 0.2) is 0 Å². The topological polar surface area (TPSA) is 0 Å². The molecule has 0 radical (unpaired) electrons. The van der Waals surface area contributed by atoms with Crippen molar-refractivity contribution < 1.29 is 0 Å². The fourth-order valence-electron chi connectivity index (χ4n) is 0.436. The van der Waals surface area contributed by atoms with Gasteiger partial charge in [-0.25, -0.2) is 0 Å². The molecule has 0 aromatic rings. The zero-order valence-electron chi connectivity index (χ0n) is 8.74. The molecule has 0 aromatic carbocycles. The van der Waals surface area contributed by atoms with Crippen LogP contribution in [-0.2, 0) is 0 Å². The third-order valence-electron chi connectivity index (χ3n) is 1.37. The molecule has 0 fully saturated rings. The molecule has 0 atom stereocenters. The van der Waals surface area contributed by atoms with E-state index in [1.807, 2.05) is 0 Å². The minimum Gasteiger partial charge on any atom is -0.267 e. The number of hydrogen-bond acceptors (Lipinski definition) is 0. The van der Waals surface area contributed by atoms with Crippen LogP contribution in [0.4, 0.5) is 0 Å². The van der Waals surface area contributed by atoms with Crippen molar-refractivity contribution in [2.24, 2.45) is 11.8 Å². The van der Waals surface area contributed by atoms with Gasteiger partial charge in [-0.15, -0.1) is 0 Å². The summed E-state index contributed by atoms with van der Waals surface area (Å²) in [5.41, 5.74) is 0. The monoisotopic (exact) mass is 240 g/mol. The lowest BCUT2D eigenvalue weighted by Crippen LogP contribution is -1.86. The molecule has 0 aliphatic rings. The summed E-state index contributed by atoms with van der Waals surface area (Å²) in [5, 5.41) is 2.56. The lowest BCUT2D eigenvalue weighted by Gasteiger charge is -1.93. The second-order valence-corrected chi connectivity index (χ2v) is 7.92.